The molecule has 8 nitrogen and oxygen atoms in total. The quantitative estimate of drug-likeness (QED) is 0.435. The summed E-state index contributed by atoms with van der Waals surface area (Å²) >= 11 is 0. The first-order valence-corrected chi connectivity index (χ1v) is 12.7. The second-order valence-corrected chi connectivity index (χ2v) is 10.4. The summed E-state index contributed by atoms with van der Waals surface area (Å²) in [5, 5.41) is 10.5. The van der Waals surface area contributed by atoms with Gasteiger partial charge in [-0.05, 0) is 85.8 Å². The van der Waals surface area contributed by atoms with Crippen LogP contribution < -0.4 is 9.62 Å². The molecular weight excluding hydrogens is 464 g/mol. The Balaban J connectivity index is 1.32. The average molecular weight is 489 g/mol. The topological polar surface area (TPSA) is 105 Å². The third kappa shape index (κ3) is 4.42. The van der Waals surface area contributed by atoms with Crippen LogP contribution >= 0.6 is 0 Å². The molecule has 0 spiro atoms. The van der Waals surface area contributed by atoms with Gasteiger partial charge in [0.2, 0.25) is 5.89 Å². The SMILES string of the molecule is Cc1ccc(-c2nnc(NC(=O)c3ccc(S(=O)(=O)N4CCCc5ccccc54)cc3)o2)cc1C. The lowest BCUT2D eigenvalue weighted by molar-refractivity contribution is 0.102. The molecule has 3 aromatic carbocycles. The summed E-state index contributed by atoms with van der Waals surface area (Å²) in [5.41, 5.74) is 4.99. The van der Waals surface area contributed by atoms with Crippen LogP contribution in [-0.4, -0.2) is 31.1 Å². The molecular formula is C26H24N4O4S. The van der Waals surface area contributed by atoms with Crippen molar-refractivity contribution in [3.8, 4) is 11.5 Å². The summed E-state index contributed by atoms with van der Waals surface area (Å²) in [6.07, 6.45) is 1.60. The smallest absolute Gasteiger partial charge is 0.322 e. The first kappa shape index (κ1) is 22.8. The molecule has 1 aliphatic heterocycles. The molecule has 1 N–H and O–H groups in total. The molecule has 0 fully saturated rings. The van der Waals surface area contributed by atoms with Gasteiger partial charge in [-0.3, -0.25) is 14.4 Å². The maximum absolute atomic E-state index is 13.3. The highest BCUT2D eigenvalue weighted by molar-refractivity contribution is 7.92. The van der Waals surface area contributed by atoms with Crippen LogP contribution in [0.2, 0.25) is 0 Å². The zero-order valence-corrected chi connectivity index (χ0v) is 20.2. The predicted octanol–water partition coefficient (Wildman–Crippen LogP) is 4.75. The number of aryl methyl sites for hydroxylation is 3. The highest BCUT2D eigenvalue weighted by Gasteiger charge is 2.29. The molecule has 1 aromatic heterocycles. The molecule has 0 aliphatic carbocycles. The number of para-hydroxylation sites is 1. The van der Waals surface area contributed by atoms with Gasteiger partial charge in [0.15, 0.2) is 0 Å². The number of amides is 1. The van der Waals surface area contributed by atoms with Gasteiger partial charge in [0.25, 0.3) is 15.9 Å². The number of hydrogen-bond acceptors (Lipinski definition) is 6. The van der Waals surface area contributed by atoms with E-state index in [1.165, 1.54) is 28.6 Å². The van der Waals surface area contributed by atoms with Gasteiger partial charge in [-0.25, -0.2) is 8.42 Å². The summed E-state index contributed by atoms with van der Waals surface area (Å²) in [6, 6.07) is 19.1. The molecule has 0 bridgehead atoms. The highest BCUT2D eigenvalue weighted by atomic mass is 32.2. The molecule has 1 aliphatic rings. The monoisotopic (exact) mass is 488 g/mol. The van der Waals surface area contributed by atoms with Crippen LogP contribution in [0.5, 0.6) is 0 Å². The summed E-state index contributed by atoms with van der Waals surface area (Å²) in [5.74, 6) is -0.181. The molecule has 0 atom stereocenters. The third-order valence-electron chi connectivity index (χ3n) is 6.17. The Labute approximate surface area is 203 Å². The van der Waals surface area contributed by atoms with Gasteiger partial charge in [0.1, 0.15) is 0 Å². The number of rotatable bonds is 5. The second kappa shape index (κ2) is 8.99. The fourth-order valence-corrected chi connectivity index (χ4v) is 5.63. The van der Waals surface area contributed by atoms with E-state index in [9.17, 15) is 13.2 Å². The van der Waals surface area contributed by atoms with Crippen molar-refractivity contribution in [3.63, 3.8) is 0 Å². The standard InChI is InChI=1S/C26H24N4O4S/c1-17-9-10-21(16-18(17)2)25-28-29-26(34-25)27-24(31)20-11-13-22(14-12-20)35(32,33)30-15-5-7-19-6-3-4-8-23(19)30/h3-4,6,8-14,16H,5,7,15H2,1-2H3,(H,27,29,31). The lowest BCUT2D eigenvalue weighted by Crippen LogP contribution is -2.35. The Kier molecular flexibility index (Phi) is 5.86. The highest BCUT2D eigenvalue weighted by Crippen LogP contribution is 2.32. The van der Waals surface area contributed by atoms with Gasteiger partial charge in [-0.1, -0.05) is 29.4 Å². The van der Waals surface area contributed by atoms with E-state index in [-0.39, 0.29) is 16.5 Å². The maximum Gasteiger partial charge on any atom is 0.322 e. The molecule has 2 heterocycles. The first-order valence-electron chi connectivity index (χ1n) is 11.3. The van der Waals surface area contributed by atoms with Crippen molar-refractivity contribution >= 4 is 27.6 Å². The molecule has 0 saturated carbocycles. The summed E-state index contributed by atoms with van der Waals surface area (Å²) in [7, 11) is -3.75. The van der Waals surface area contributed by atoms with Crippen molar-refractivity contribution in [1.29, 1.82) is 0 Å². The minimum atomic E-state index is -3.75. The van der Waals surface area contributed by atoms with Crippen molar-refractivity contribution in [3.05, 3.63) is 89.0 Å². The minimum Gasteiger partial charge on any atom is -0.403 e. The summed E-state index contributed by atoms with van der Waals surface area (Å²) < 4.78 is 33.6. The number of anilines is 2. The van der Waals surface area contributed by atoms with Crippen LogP contribution in [0, 0.1) is 13.8 Å². The summed E-state index contributed by atoms with van der Waals surface area (Å²) in [4.78, 5) is 12.8. The second-order valence-electron chi connectivity index (χ2n) is 8.50. The van der Waals surface area contributed by atoms with Gasteiger partial charge in [-0.2, -0.15) is 0 Å². The van der Waals surface area contributed by atoms with E-state index >= 15 is 0 Å². The molecule has 35 heavy (non-hydrogen) atoms. The maximum atomic E-state index is 13.3. The minimum absolute atomic E-state index is 0.0372. The number of sulfonamides is 1. The fourth-order valence-electron chi connectivity index (χ4n) is 4.09. The van der Waals surface area contributed by atoms with Crippen LogP contribution in [0.25, 0.3) is 11.5 Å². The number of carbonyl (C=O) groups excluding carboxylic acids is 1. The number of fused-ring (bicyclic) bond motifs is 1. The van der Waals surface area contributed by atoms with Gasteiger partial charge < -0.3 is 4.42 Å². The molecule has 0 saturated heterocycles. The van der Waals surface area contributed by atoms with Crippen molar-refractivity contribution < 1.29 is 17.6 Å². The van der Waals surface area contributed by atoms with E-state index < -0.39 is 15.9 Å². The van der Waals surface area contributed by atoms with E-state index in [0.717, 1.165) is 35.1 Å². The first-order chi connectivity index (χ1) is 16.8. The van der Waals surface area contributed by atoms with Gasteiger partial charge in [-0.15, -0.1) is 5.10 Å². The van der Waals surface area contributed by atoms with Gasteiger partial charge in [0, 0.05) is 17.7 Å². The van der Waals surface area contributed by atoms with Crippen LogP contribution in [0.3, 0.4) is 0 Å². The Hall–Kier alpha value is -3.98. The molecule has 0 unspecified atom stereocenters. The lowest BCUT2D eigenvalue weighted by Gasteiger charge is -2.30. The van der Waals surface area contributed by atoms with Crippen LogP contribution in [0.4, 0.5) is 11.7 Å². The van der Waals surface area contributed by atoms with E-state index in [1.807, 2.05) is 56.3 Å². The van der Waals surface area contributed by atoms with Crippen molar-refractivity contribution in [2.75, 3.05) is 16.2 Å². The Morgan fingerprint density at radius 2 is 1.74 bits per heavy atom. The normalized spacial score (nSPS) is 13.4. The lowest BCUT2D eigenvalue weighted by atomic mass is 10.0. The van der Waals surface area contributed by atoms with Crippen molar-refractivity contribution in [2.24, 2.45) is 0 Å². The molecule has 1 amide bonds. The average Bonchev–Trinajstić information content (AvgIpc) is 3.33. The zero-order valence-electron chi connectivity index (χ0n) is 19.4. The van der Waals surface area contributed by atoms with E-state index in [1.54, 1.807) is 0 Å². The Morgan fingerprint density at radius 3 is 2.51 bits per heavy atom. The Morgan fingerprint density at radius 1 is 0.971 bits per heavy atom. The molecule has 4 aromatic rings. The number of nitrogens with one attached hydrogen (secondary N) is 1. The third-order valence-corrected chi connectivity index (χ3v) is 8.00. The Bertz CT molecular complexity index is 1510. The van der Waals surface area contributed by atoms with Gasteiger partial charge >= 0.3 is 6.01 Å². The fraction of sp³-hybridized carbons (Fsp3) is 0.192. The van der Waals surface area contributed by atoms with Crippen LogP contribution in [0.15, 0.2) is 76.0 Å². The van der Waals surface area contributed by atoms with E-state index in [2.05, 4.69) is 15.5 Å². The molecule has 5 rings (SSSR count). The summed E-state index contributed by atoms with van der Waals surface area (Å²) in [6.45, 7) is 4.42. The molecule has 178 valence electrons. The van der Waals surface area contributed by atoms with Crippen molar-refractivity contribution in [2.45, 2.75) is 31.6 Å². The zero-order chi connectivity index (χ0) is 24.6. The number of aromatic nitrogens is 2. The van der Waals surface area contributed by atoms with Gasteiger partial charge in [0.05, 0.1) is 10.6 Å². The largest absolute Gasteiger partial charge is 0.403 e. The van der Waals surface area contributed by atoms with Crippen LogP contribution in [0.1, 0.15) is 33.5 Å². The van der Waals surface area contributed by atoms with E-state index in [4.69, 9.17) is 4.42 Å². The number of carbonyl (C=O) groups is 1. The molecule has 0 radical (unpaired) electrons. The van der Waals surface area contributed by atoms with E-state index in [0.29, 0.717) is 18.1 Å². The number of nitrogens with zero attached hydrogens (tertiary/aromatic N) is 3. The van der Waals surface area contributed by atoms with Crippen LogP contribution in [-0.2, 0) is 16.4 Å². The number of hydrogen-bond donors (Lipinski definition) is 1. The number of benzene rings is 3. The predicted molar refractivity (Wildman–Crippen MR) is 133 cm³/mol. The molecule has 9 heteroatoms. The van der Waals surface area contributed by atoms with Crippen molar-refractivity contribution in [1.82, 2.24) is 10.2 Å².